The van der Waals surface area contributed by atoms with Crippen LogP contribution in [-0.4, -0.2) is 48.1 Å². The first-order valence-corrected chi connectivity index (χ1v) is 8.35. The van der Waals surface area contributed by atoms with Crippen LogP contribution in [0.3, 0.4) is 0 Å². The second-order valence-electron chi connectivity index (χ2n) is 5.74. The van der Waals surface area contributed by atoms with Crippen molar-refractivity contribution in [2.45, 2.75) is 45.6 Å². The van der Waals surface area contributed by atoms with Gasteiger partial charge >= 0.3 is 0 Å². The van der Waals surface area contributed by atoms with Crippen LogP contribution in [0.2, 0.25) is 0 Å². The minimum Gasteiger partial charge on any atom is -0.376 e. The topological polar surface area (TPSA) is 54.5 Å². The zero-order chi connectivity index (χ0) is 15.8. The maximum Gasteiger partial charge on any atom is 0.254 e. The van der Waals surface area contributed by atoms with Gasteiger partial charge in [0.15, 0.2) is 0 Å². The predicted octanol–water partition coefficient (Wildman–Crippen LogP) is 2.93. The number of amides is 1. The summed E-state index contributed by atoms with van der Waals surface area (Å²) >= 11 is 0. The average molecular weight is 305 g/mol. The summed E-state index contributed by atoms with van der Waals surface area (Å²) in [6.45, 7) is 7.38. The van der Waals surface area contributed by atoms with Crippen LogP contribution < -0.4 is 5.32 Å². The second kappa shape index (κ2) is 8.73. The number of rotatable bonds is 8. The molecule has 22 heavy (non-hydrogen) atoms. The van der Waals surface area contributed by atoms with Crippen molar-refractivity contribution in [3.05, 3.63) is 23.9 Å². The molecule has 0 aliphatic carbocycles. The van der Waals surface area contributed by atoms with Gasteiger partial charge in [-0.1, -0.05) is 13.8 Å². The van der Waals surface area contributed by atoms with Gasteiger partial charge in [0.05, 0.1) is 6.10 Å². The second-order valence-corrected chi connectivity index (χ2v) is 5.74. The molecule has 0 bridgehead atoms. The molecule has 5 heteroatoms. The Morgan fingerprint density at radius 1 is 1.41 bits per heavy atom. The highest BCUT2D eigenvalue weighted by Gasteiger charge is 2.17. The van der Waals surface area contributed by atoms with Crippen molar-refractivity contribution in [3.8, 4) is 0 Å². The molecule has 5 nitrogen and oxygen atoms in total. The van der Waals surface area contributed by atoms with E-state index in [1.54, 1.807) is 12.3 Å². The van der Waals surface area contributed by atoms with Crippen molar-refractivity contribution < 1.29 is 9.53 Å². The maximum atomic E-state index is 12.6. The van der Waals surface area contributed by atoms with Crippen LogP contribution >= 0.6 is 0 Å². The lowest BCUT2D eigenvalue weighted by molar-refractivity contribution is 0.0755. The number of anilines is 1. The van der Waals surface area contributed by atoms with Crippen LogP contribution in [0.15, 0.2) is 18.3 Å². The van der Waals surface area contributed by atoms with Gasteiger partial charge in [-0.3, -0.25) is 4.79 Å². The number of ether oxygens (including phenoxy) is 1. The van der Waals surface area contributed by atoms with Crippen molar-refractivity contribution in [2.75, 3.05) is 31.6 Å². The number of nitrogens with one attached hydrogen (secondary N) is 1. The third-order valence-electron chi connectivity index (χ3n) is 3.82. The van der Waals surface area contributed by atoms with Gasteiger partial charge in [0.25, 0.3) is 5.91 Å². The molecule has 122 valence electrons. The van der Waals surface area contributed by atoms with E-state index < -0.39 is 0 Å². The van der Waals surface area contributed by atoms with Gasteiger partial charge in [0.1, 0.15) is 5.82 Å². The van der Waals surface area contributed by atoms with E-state index >= 15 is 0 Å². The summed E-state index contributed by atoms with van der Waals surface area (Å²) in [5.41, 5.74) is 0.701. The van der Waals surface area contributed by atoms with Gasteiger partial charge in [-0.25, -0.2) is 4.98 Å². The molecule has 1 unspecified atom stereocenters. The smallest absolute Gasteiger partial charge is 0.254 e. The van der Waals surface area contributed by atoms with Gasteiger partial charge in [-0.2, -0.15) is 0 Å². The molecule has 0 spiro atoms. The molecule has 1 N–H and O–H groups in total. The lowest BCUT2D eigenvalue weighted by atomic mass is 10.2. The summed E-state index contributed by atoms with van der Waals surface area (Å²) in [5, 5.41) is 3.28. The Bertz CT molecular complexity index is 467. The highest BCUT2D eigenvalue weighted by atomic mass is 16.5. The van der Waals surface area contributed by atoms with Gasteiger partial charge in [-0.15, -0.1) is 0 Å². The summed E-state index contributed by atoms with van der Waals surface area (Å²) in [4.78, 5) is 18.8. The zero-order valence-corrected chi connectivity index (χ0v) is 13.7. The molecule has 0 radical (unpaired) electrons. The molecule has 0 aromatic carbocycles. The Morgan fingerprint density at radius 3 is 2.82 bits per heavy atom. The van der Waals surface area contributed by atoms with E-state index in [1.165, 1.54) is 0 Å². The first kappa shape index (κ1) is 16.7. The lowest BCUT2D eigenvalue weighted by Gasteiger charge is -2.21. The number of hydrogen-bond donors (Lipinski definition) is 1. The highest BCUT2D eigenvalue weighted by molar-refractivity contribution is 5.94. The highest BCUT2D eigenvalue weighted by Crippen LogP contribution is 2.14. The lowest BCUT2D eigenvalue weighted by Crippen LogP contribution is -2.32. The maximum absolute atomic E-state index is 12.6. The predicted molar refractivity (Wildman–Crippen MR) is 88.2 cm³/mol. The standard InChI is InChI=1S/C17H27N3O2/c1-3-9-20(10-4-2)17(21)14-7-8-18-16(12-14)19-13-15-6-5-11-22-15/h7-8,12,15H,3-6,9-11,13H2,1-2H3,(H,18,19). The third kappa shape index (κ3) is 4.70. The van der Waals surface area contributed by atoms with Crippen LogP contribution in [0, 0.1) is 0 Å². The fourth-order valence-electron chi connectivity index (χ4n) is 2.72. The SMILES string of the molecule is CCCN(CCC)C(=O)c1ccnc(NCC2CCCO2)c1. The van der Waals surface area contributed by atoms with Crippen molar-refractivity contribution in [3.63, 3.8) is 0 Å². The fraction of sp³-hybridized carbons (Fsp3) is 0.647. The summed E-state index contributed by atoms with van der Waals surface area (Å²) in [7, 11) is 0. The normalized spacial score (nSPS) is 17.5. The van der Waals surface area contributed by atoms with Gasteiger partial charge in [-0.05, 0) is 37.8 Å². The fourth-order valence-corrected chi connectivity index (χ4v) is 2.72. The molecular formula is C17H27N3O2. The quantitative estimate of drug-likeness (QED) is 0.802. The number of pyridine rings is 1. The number of hydrogen-bond acceptors (Lipinski definition) is 4. The van der Waals surface area contributed by atoms with Gasteiger partial charge in [0.2, 0.25) is 0 Å². The Balaban J connectivity index is 1.97. The number of nitrogens with zero attached hydrogens (tertiary/aromatic N) is 2. The third-order valence-corrected chi connectivity index (χ3v) is 3.82. The first-order chi connectivity index (χ1) is 10.7. The Morgan fingerprint density at radius 2 is 2.18 bits per heavy atom. The van der Waals surface area contributed by atoms with Crippen LogP contribution in [0.25, 0.3) is 0 Å². The molecule has 1 atom stereocenters. The van der Waals surface area contributed by atoms with E-state index in [-0.39, 0.29) is 12.0 Å². The molecule has 1 aliphatic rings. The number of aromatic nitrogens is 1. The molecule has 1 aromatic rings. The molecular weight excluding hydrogens is 278 g/mol. The van der Waals surface area contributed by atoms with Gasteiger partial charge < -0.3 is 15.0 Å². The van der Waals surface area contributed by atoms with Crippen LogP contribution in [0.1, 0.15) is 49.9 Å². The molecule has 2 rings (SSSR count). The zero-order valence-electron chi connectivity index (χ0n) is 13.7. The Kier molecular flexibility index (Phi) is 6.65. The van der Waals surface area contributed by atoms with Gasteiger partial charge in [0, 0.05) is 38.0 Å². The van der Waals surface area contributed by atoms with Crippen molar-refractivity contribution >= 4 is 11.7 Å². The summed E-state index contributed by atoms with van der Waals surface area (Å²) in [5.74, 6) is 0.834. The molecule has 0 saturated carbocycles. The van der Waals surface area contributed by atoms with E-state index in [2.05, 4.69) is 24.1 Å². The first-order valence-electron chi connectivity index (χ1n) is 8.35. The molecule has 1 aliphatic heterocycles. The Hall–Kier alpha value is -1.62. The summed E-state index contributed by atoms with van der Waals surface area (Å²) in [6.07, 6.45) is 6.12. The van der Waals surface area contributed by atoms with E-state index in [0.29, 0.717) is 5.56 Å². The largest absolute Gasteiger partial charge is 0.376 e. The summed E-state index contributed by atoms with van der Waals surface area (Å²) in [6, 6.07) is 3.63. The van der Waals surface area contributed by atoms with E-state index in [4.69, 9.17) is 4.74 Å². The number of carbonyl (C=O) groups excluding carboxylic acids is 1. The van der Waals surface area contributed by atoms with Crippen LogP contribution in [0.4, 0.5) is 5.82 Å². The van der Waals surface area contributed by atoms with Crippen LogP contribution in [-0.2, 0) is 4.74 Å². The minimum atomic E-state index is 0.0891. The average Bonchev–Trinajstić information content (AvgIpc) is 3.06. The van der Waals surface area contributed by atoms with Crippen LogP contribution in [0.5, 0.6) is 0 Å². The van der Waals surface area contributed by atoms with Crippen molar-refractivity contribution in [1.29, 1.82) is 0 Å². The monoisotopic (exact) mass is 305 g/mol. The molecule has 1 amide bonds. The summed E-state index contributed by atoms with van der Waals surface area (Å²) < 4.78 is 5.59. The molecule has 2 heterocycles. The van der Waals surface area contributed by atoms with Crippen molar-refractivity contribution in [1.82, 2.24) is 9.88 Å². The Labute approximate surface area is 133 Å². The number of carbonyl (C=O) groups is 1. The molecule has 1 fully saturated rings. The molecule has 1 saturated heterocycles. The minimum absolute atomic E-state index is 0.0891. The van der Waals surface area contributed by atoms with Crippen molar-refractivity contribution in [2.24, 2.45) is 0 Å². The van der Waals surface area contributed by atoms with E-state index in [9.17, 15) is 4.79 Å². The molecule has 1 aromatic heterocycles. The van der Waals surface area contributed by atoms with E-state index in [0.717, 1.165) is 57.7 Å². The van der Waals surface area contributed by atoms with E-state index in [1.807, 2.05) is 11.0 Å².